The van der Waals surface area contributed by atoms with Gasteiger partial charge in [-0.2, -0.15) is 0 Å². The summed E-state index contributed by atoms with van der Waals surface area (Å²) in [7, 11) is 1.94. The maximum Gasteiger partial charge on any atom is 0.123 e. The molecule has 1 N–H and O–H groups in total. The molecule has 0 saturated heterocycles. The third kappa shape index (κ3) is 4.09. The molecule has 0 aliphatic carbocycles. The van der Waals surface area contributed by atoms with Crippen LogP contribution in [-0.2, 0) is 6.42 Å². The summed E-state index contributed by atoms with van der Waals surface area (Å²) in [5.74, 6) is 0.907. The topological polar surface area (TPSA) is 12.0 Å². The van der Waals surface area contributed by atoms with Crippen molar-refractivity contribution in [3.63, 3.8) is 0 Å². The molecule has 0 saturated carbocycles. The maximum absolute atomic E-state index is 13.2. The molecule has 2 rings (SSSR count). The van der Waals surface area contributed by atoms with Gasteiger partial charge >= 0.3 is 0 Å². The van der Waals surface area contributed by atoms with Gasteiger partial charge in [0.25, 0.3) is 0 Å². The average molecular weight is 289 g/mol. The third-order valence-electron chi connectivity index (χ3n) is 3.27. The molecular weight excluding hydrogens is 269 g/mol. The van der Waals surface area contributed by atoms with E-state index < -0.39 is 0 Å². The molecule has 0 aliphatic rings. The monoisotopic (exact) mass is 289 g/mol. The van der Waals surface area contributed by atoms with Crippen molar-refractivity contribution in [1.82, 2.24) is 5.32 Å². The number of nitrogens with one attached hydrogen (secondary N) is 1. The first kappa shape index (κ1) is 15.1. The van der Waals surface area contributed by atoms with E-state index in [-0.39, 0.29) is 11.9 Å². The molecule has 0 heterocycles. The smallest absolute Gasteiger partial charge is 0.123 e. The Labute approximate surface area is 124 Å². The molecule has 1 nitrogen and oxygen atoms in total. The summed E-state index contributed by atoms with van der Waals surface area (Å²) in [5, 5.41) is 3.31. The molecule has 0 fully saturated rings. The number of likely N-dealkylation sites (N-methyl/N-ethyl adjacent to an activating group) is 1. The lowest BCUT2D eigenvalue weighted by Gasteiger charge is -2.17. The molecule has 0 spiro atoms. The van der Waals surface area contributed by atoms with E-state index in [0.717, 1.165) is 17.7 Å². The number of hydrogen-bond donors (Lipinski definition) is 1. The van der Waals surface area contributed by atoms with Crippen LogP contribution in [0.3, 0.4) is 0 Å². The fraction of sp³-hybridized carbons (Fsp3) is 0.294. The number of halogens is 1. The number of benzene rings is 2. The Morgan fingerprint density at radius 1 is 1.15 bits per heavy atom. The van der Waals surface area contributed by atoms with E-state index in [1.165, 1.54) is 16.5 Å². The zero-order valence-electron chi connectivity index (χ0n) is 11.9. The molecule has 3 heteroatoms. The van der Waals surface area contributed by atoms with Gasteiger partial charge in [-0.15, -0.1) is 11.8 Å². The quantitative estimate of drug-likeness (QED) is 0.789. The van der Waals surface area contributed by atoms with E-state index in [9.17, 15) is 4.39 Å². The molecule has 1 atom stereocenters. The predicted molar refractivity (Wildman–Crippen MR) is 84.7 cm³/mol. The Hall–Kier alpha value is -1.32. The van der Waals surface area contributed by atoms with Crippen molar-refractivity contribution < 1.29 is 4.39 Å². The molecular formula is C17H20FNS. The second kappa shape index (κ2) is 7.46. The van der Waals surface area contributed by atoms with Crippen LogP contribution >= 0.6 is 11.8 Å². The SMILES string of the molecule is CCSc1ccc(C(Cc2cccc(F)c2)NC)cc1. The number of rotatable bonds is 6. The largest absolute Gasteiger partial charge is 0.313 e. The van der Waals surface area contributed by atoms with Gasteiger partial charge in [-0.05, 0) is 54.6 Å². The summed E-state index contributed by atoms with van der Waals surface area (Å²) >= 11 is 1.84. The summed E-state index contributed by atoms with van der Waals surface area (Å²) in [6.45, 7) is 2.15. The van der Waals surface area contributed by atoms with E-state index in [0.29, 0.717) is 0 Å². The zero-order chi connectivity index (χ0) is 14.4. The van der Waals surface area contributed by atoms with E-state index in [1.807, 2.05) is 24.9 Å². The highest BCUT2D eigenvalue weighted by Gasteiger charge is 2.10. The van der Waals surface area contributed by atoms with Crippen molar-refractivity contribution >= 4 is 11.8 Å². The fourth-order valence-corrected chi connectivity index (χ4v) is 2.91. The molecule has 0 aromatic heterocycles. The summed E-state index contributed by atoms with van der Waals surface area (Å²) in [4.78, 5) is 1.29. The third-order valence-corrected chi connectivity index (χ3v) is 4.16. The van der Waals surface area contributed by atoms with Crippen LogP contribution in [0.5, 0.6) is 0 Å². The highest BCUT2D eigenvalue weighted by molar-refractivity contribution is 7.99. The lowest BCUT2D eigenvalue weighted by molar-refractivity contribution is 0.584. The van der Waals surface area contributed by atoms with Crippen molar-refractivity contribution in [2.24, 2.45) is 0 Å². The standard InChI is InChI=1S/C17H20FNS/c1-3-20-16-9-7-14(8-10-16)17(19-2)12-13-5-4-6-15(18)11-13/h4-11,17,19H,3,12H2,1-2H3. The molecule has 106 valence electrons. The molecule has 0 radical (unpaired) electrons. The minimum atomic E-state index is -0.174. The summed E-state index contributed by atoms with van der Waals surface area (Å²) in [6.07, 6.45) is 0.786. The van der Waals surface area contributed by atoms with Gasteiger partial charge in [-0.3, -0.25) is 0 Å². The molecule has 0 aliphatic heterocycles. The lowest BCUT2D eigenvalue weighted by atomic mass is 9.99. The van der Waals surface area contributed by atoms with E-state index >= 15 is 0 Å². The highest BCUT2D eigenvalue weighted by Crippen LogP contribution is 2.23. The minimum Gasteiger partial charge on any atom is -0.313 e. The van der Waals surface area contributed by atoms with Gasteiger partial charge in [0.2, 0.25) is 0 Å². The van der Waals surface area contributed by atoms with Crippen molar-refractivity contribution in [3.8, 4) is 0 Å². The van der Waals surface area contributed by atoms with E-state index in [1.54, 1.807) is 12.1 Å². The van der Waals surface area contributed by atoms with Crippen molar-refractivity contribution in [2.45, 2.75) is 24.3 Å². The van der Waals surface area contributed by atoms with Crippen LogP contribution in [0.15, 0.2) is 53.4 Å². The average Bonchev–Trinajstić information content (AvgIpc) is 2.46. The summed E-state index contributed by atoms with van der Waals surface area (Å²) < 4.78 is 13.2. The van der Waals surface area contributed by atoms with E-state index in [2.05, 4.69) is 36.5 Å². The Morgan fingerprint density at radius 2 is 1.90 bits per heavy atom. The second-order valence-electron chi connectivity index (χ2n) is 4.68. The van der Waals surface area contributed by atoms with Gasteiger partial charge in [-0.25, -0.2) is 4.39 Å². The Balaban J connectivity index is 2.11. The van der Waals surface area contributed by atoms with Crippen LogP contribution in [0, 0.1) is 5.82 Å². The van der Waals surface area contributed by atoms with Gasteiger partial charge in [0.15, 0.2) is 0 Å². The normalized spacial score (nSPS) is 12.3. The summed E-state index contributed by atoms with van der Waals surface area (Å²) in [6, 6.07) is 15.6. The van der Waals surface area contributed by atoms with Gasteiger partial charge in [-0.1, -0.05) is 31.2 Å². The predicted octanol–water partition coefficient (Wildman–Crippen LogP) is 4.44. The molecule has 2 aromatic rings. The minimum absolute atomic E-state index is 0.174. The van der Waals surface area contributed by atoms with Crippen LogP contribution in [0.1, 0.15) is 24.1 Å². The maximum atomic E-state index is 13.2. The van der Waals surface area contributed by atoms with Gasteiger partial charge in [0.05, 0.1) is 0 Å². The van der Waals surface area contributed by atoms with Crippen LogP contribution < -0.4 is 5.32 Å². The first-order valence-corrected chi connectivity index (χ1v) is 7.86. The lowest BCUT2D eigenvalue weighted by Crippen LogP contribution is -2.18. The number of thioether (sulfide) groups is 1. The van der Waals surface area contributed by atoms with E-state index in [4.69, 9.17) is 0 Å². The second-order valence-corrected chi connectivity index (χ2v) is 6.01. The molecule has 0 amide bonds. The molecule has 1 unspecified atom stereocenters. The van der Waals surface area contributed by atoms with Crippen LogP contribution in [0.4, 0.5) is 4.39 Å². The van der Waals surface area contributed by atoms with Crippen LogP contribution in [0.2, 0.25) is 0 Å². The molecule has 20 heavy (non-hydrogen) atoms. The Bertz CT molecular complexity index is 539. The zero-order valence-corrected chi connectivity index (χ0v) is 12.7. The van der Waals surface area contributed by atoms with Gasteiger partial charge in [0, 0.05) is 10.9 Å². The molecule has 0 bridgehead atoms. The fourth-order valence-electron chi connectivity index (χ4n) is 2.25. The Kier molecular flexibility index (Phi) is 5.62. The first-order valence-electron chi connectivity index (χ1n) is 6.87. The molecule has 2 aromatic carbocycles. The van der Waals surface area contributed by atoms with Gasteiger partial charge in [0.1, 0.15) is 5.82 Å². The highest BCUT2D eigenvalue weighted by atomic mass is 32.2. The Morgan fingerprint density at radius 3 is 2.50 bits per heavy atom. The number of hydrogen-bond acceptors (Lipinski definition) is 2. The van der Waals surface area contributed by atoms with Crippen LogP contribution in [0.25, 0.3) is 0 Å². The van der Waals surface area contributed by atoms with Crippen molar-refractivity contribution in [3.05, 3.63) is 65.5 Å². The van der Waals surface area contributed by atoms with Crippen molar-refractivity contribution in [1.29, 1.82) is 0 Å². The van der Waals surface area contributed by atoms with Crippen molar-refractivity contribution in [2.75, 3.05) is 12.8 Å². The van der Waals surface area contributed by atoms with Crippen LogP contribution in [-0.4, -0.2) is 12.8 Å². The van der Waals surface area contributed by atoms with Gasteiger partial charge < -0.3 is 5.32 Å². The first-order chi connectivity index (χ1) is 9.72. The summed E-state index contributed by atoms with van der Waals surface area (Å²) in [5.41, 5.74) is 2.24.